The first-order valence-electron chi connectivity index (χ1n) is 4.04. The third-order valence-electron chi connectivity index (χ3n) is 1.85. The summed E-state index contributed by atoms with van der Waals surface area (Å²) in [5, 5.41) is 0.624. The molecule has 0 fully saturated rings. The van der Waals surface area contributed by atoms with E-state index in [1.54, 1.807) is 18.2 Å². The van der Waals surface area contributed by atoms with Crippen LogP contribution in [0.1, 0.15) is 18.6 Å². The van der Waals surface area contributed by atoms with Crippen molar-refractivity contribution in [1.82, 2.24) is 0 Å². The SMILES string of the molecule is COC(C(C)=O)c1ccc(Cl)cc1Br. The zero-order valence-corrected chi connectivity index (χ0v) is 10.2. The lowest BCUT2D eigenvalue weighted by molar-refractivity contribution is -0.126. The number of ketones is 1. The van der Waals surface area contributed by atoms with Gasteiger partial charge in [-0.3, -0.25) is 4.79 Å². The van der Waals surface area contributed by atoms with E-state index in [1.165, 1.54) is 14.0 Å². The van der Waals surface area contributed by atoms with Crippen LogP contribution in [0.2, 0.25) is 5.02 Å². The summed E-state index contributed by atoms with van der Waals surface area (Å²) in [6.45, 7) is 1.50. The maximum atomic E-state index is 11.2. The largest absolute Gasteiger partial charge is 0.369 e. The van der Waals surface area contributed by atoms with Crippen molar-refractivity contribution in [3.05, 3.63) is 33.3 Å². The monoisotopic (exact) mass is 276 g/mol. The lowest BCUT2D eigenvalue weighted by Crippen LogP contribution is -2.11. The molecule has 0 aliphatic rings. The molecule has 4 heteroatoms. The fourth-order valence-corrected chi connectivity index (χ4v) is 2.12. The Hall–Kier alpha value is -0.380. The van der Waals surface area contributed by atoms with Gasteiger partial charge in [0.25, 0.3) is 0 Å². The molecule has 14 heavy (non-hydrogen) atoms. The molecule has 0 spiro atoms. The smallest absolute Gasteiger partial charge is 0.163 e. The summed E-state index contributed by atoms with van der Waals surface area (Å²) in [7, 11) is 1.51. The topological polar surface area (TPSA) is 26.3 Å². The van der Waals surface area contributed by atoms with Crippen LogP contribution >= 0.6 is 27.5 Å². The lowest BCUT2D eigenvalue weighted by atomic mass is 10.1. The summed E-state index contributed by atoms with van der Waals surface area (Å²) < 4.78 is 5.88. The third-order valence-corrected chi connectivity index (χ3v) is 2.77. The molecule has 0 heterocycles. The zero-order valence-electron chi connectivity index (χ0n) is 7.88. The molecule has 1 rings (SSSR count). The Morgan fingerprint density at radius 2 is 2.21 bits per heavy atom. The molecule has 2 nitrogen and oxygen atoms in total. The Labute approximate surface area is 96.3 Å². The second-order valence-corrected chi connectivity index (χ2v) is 4.18. The molecule has 0 aliphatic carbocycles. The summed E-state index contributed by atoms with van der Waals surface area (Å²) in [6.07, 6.45) is -0.526. The van der Waals surface area contributed by atoms with Crippen molar-refractivity contribution in [2.45, 2.75) is 13.0 Å². The second-order valence-electron chi connectivity index (χ2n) is 2.89. The van der Waals surface area contributed by atoms with Gasteiger partial charge >= 0.3 is 0 Å². The second kappa shape index (κ2) is 4.91. The summed E-state index contributed by atoms with van der Waals surface area (Å²) >= 11 is 9.13. The summed E-state index contributed by atoms with van der Waals surface area (Å²) in [4.78, 5) is 11.2. The van der Waals surface area contributed by atoms with Gasteiger partial charge in [-0.25, -0.2) is 0 Å². The highest BCUT2D eigenvalue weighted by molar-refractivity contribution is 9.10. The minimum absolute atomic E-state index is 0.0319. The summed E-state index contributed by atoms with van der Waals surface area (Å²) in [6, 6.07) is 5.25. The summed E-state index contributed by atoms with van der Waals surface area (Å²) in [5.74, 6) is -0.0319. The normalized spacial score (nSPS) is 12.6. The average Bonchev–Trinajstić information content (AvgIpc) is 2.09. The molecule has 1 atom stereocenters. The van der Waals surface area contributed by atoms with Crippen LogP contribution in [0.25, 0.3) is 0 Å². The molecule has 0 radical (unpaired) electrons. The Bertz CT molecular complexity index is 352. The van der Waals surface area contributed by atoms with Crippen molar-refractivity contribution in [3.63, 3.8) is 0 Å². The minimum Gasteiger partial charge on any atom is -0.369 e. The Balaban J connectivity index is 3.10. The van der Waals surface area contributed by atoms with Gasteiger partial charge in [0.1, 0.15) is 6.10 Å². The Morgan fingerprint density at radius 3 is 2.64 bits per heavy atom. The number of hydrogen-bond donors (Lipinski definition) is 0. The van der Waals surface area contributed by atoms with Gasteiger partial charge in [0.15, 0.2) is 5.78 Å². The number of Topliss-reactive ketones (excluding diaryl/α,β-unsaturated/α-hetero) is 1. The minimum atomic E-state index is -0.526. The van der Waals surface area contributed by atoms with E-state index >= 15 is 0 Å². The van der Waals surface area contributed by atoms with Crippen LogP contribution in [0.4, 0.5) is 0 Å². The number of benzene rings is 1. The van der Waals surface area contributed by atoms with Gasteiger partial charge in [-0.1, -0.05) is 33.6 Å². The maximum Gasteiger partial charge on any atom is 0.163 e. The highest BCUT2D eigenvalue weighted by Crippen LogP contribution is 2.28. The molecule has 0 bridgehead atoms. The van der Waals surface area contributed by atoms with Crippen molar-refractivity contribution in [2.24, 2.45) is 0 Å². The molecule has 0 amide bonds. The van der Waals surface area contributed by atoms with Crippen molar-refractivity contribution in [1.29, 1.82) is 0 Å². The van der Waals surface area contributed by atoms with E-state index in [1.807, 2.05) is 0 Å². The van der Waals surface area contributed by atoms with Crippen LogP contribution in [0, 0.1) is 0 Å². The van der Waals surface area contributed by atoms with E-state index in [4.69, 9.17) is 16.3 Å². The maximum absolute atomic E-state index is 11.2. The number of hydrogen-bond acceptors (Lipinski definition) is 2. The van der Waals surface area contributed by atoms with E-state index in [0.717, 1.165) is 10.0 Å². The molecule has 0 saturated heterocycles. The van der Waals surface area contributed by atoms with Gasteiger partial charge in [0.05, 0.1) is 0 Å². The van der Waals surface area contributed by atoms with E-state index in [0.29, 0.717) is 5.02 Å². The Morgan fingerprint density at radius 1 is 1.57 bits per heavy atom. The fraction of sp³-hybridized carbons (Fsp3) is 0.300. The number of carbonyl (C=O) groups excluding carboxylic acids is 1. The van der Waals surface area contributed by atoms with Gasteiger partial charge in [-0.2, -0.15) is 0 Å². The first-order chi connectivity index (χ1) is 6.56. The average molecular weight is 278 g/mol. The number of halogens is 2. The summed E-state index contributed by atoms with van der Waals surface area (Å²) in [5.41, 5.74) is 0.796. The molecular weight excluding hydrogens is 267 g/mol. The Kier molecular flexibility index (Phi) is 4.11. The van der Waals surface area contributed by atoms with Crippen LogP contribution in [0.5, 0.6) is 0 Å². The van der Waals surface area contributed by atoms with Gasteiger partial charge in [-0.05, 0) is 19.1 Å². The first kappa shape index (κ1) is 11.7. The zero-order chi connectivity index (χ0) is 10.7. The molecule has 0 aromatic heterocycles. The molecule has 1 aromatic rings. The predicted octanol–water partition coefficient (Wildman–Crippen LogP) is 3.38. The highest BCUT2D eigenvalue weighted by atomic mass is 79.9. The van der Waals surface area contributed by atoms with Crippen molar-refractivity contribution in [2.75, 3.05) is 7.11 Å². The van der Waals surface area contributed by atoms with Gasteiger partial charge in [-0.15, -0.1) is 0 Å². The molecule has 1 aromatic carbocycles. The fourth-order valence-electron chi connectivity index (χ4n) is 1.23. The number of rotatable bonds is 3. The van der Waals surface area contributed by atoms with Crippen LogP contribution in [0.15, 0.2) is 22.7 Å². The van der Waals surface area contributed by atoms with Crippen molar-refractivity contribution < 1.29 is 9.53 Å². The lowest BCUT2D eigenvalue weighted by Gasteiger charge is -2.13. The molecular formula is C10H10BrClO2. The van der Waals surface area contributed by atoms with E-state index in [2.05, 4.69) is 15.9 Å². The van der Waals surface area contributed by atoms with Crippen LogP contribution in [-0.4, -0.2) is 12.9 Å². The molecule has 1 unspecified atom stereocenters. The van der Waals surface area contributed by atoms with Crippen molar-refractivity contribution >= 4 is 33.3 Å². The van der Waals surface area contributed by atoms with E-state index in [-0.39, 0.29) is 5.78 Å². The number of carbonyl (C=O) groups is 1. The van der Waals surface area contributed by atoms with Gasteiger partial charge < -0.3 is 4.74 Å². The molecule has 0 saturated carbocycles. The van der Waals surface area contributed by atoms with Gasteiger partial charge in [0.2, 0.25) is 0 Å². The van der Waals surface area contributed by atoms with Crippen LogP contribution in [-0.2, 0) is 9.53 Å². The van der Waals surface area contributed by atoms with Crippen molar-refractivity contribution in [3.8, 4) is 0 Å². The van der Waals surface area contributed by atoms with Crippen LogP contribution < -0.4 is 0 Å². The molecule has 0 N–H and O–H groups in total. The number of methoxy groups -OCH3 is 1. The van der Waals surface area contributed by atoms with Crippen LogP contribution in [0.3, 0.4) is 0 Å². The van der Waals surface area contributed by atoms with E-state index < -0.39 is 6.10 Å². The van der Waals surface area contributed by atoms with E-state index in [9.17, 15) is 4.79 Å². The third kappa shape index (κ3) is 2.56. The predicted molar refractivity (Wildman–Crippen MR) is 59.6 cm³/mol. The number of ether oxygens (including phenoxy) is 1. The standard InChI is InChI=1S/C10H10BrClO2/c1-6(13)10(14-2)8-4-3-7(12)5-9(8)11/h3-5,10H,1-2H3. The quantitative estimate of drug-likeness (QED) is 0.846. The highest BCUT2D eigenvalue weighted by Gasteiger charge is 2.18. The molecule has 0 aliphatic heterocycles. The van der Waals surface area contributed by atoms with Gasteiger partial charge in [0, 0.05) is 22.2 Å². The molecule has 76 valence electrons. The first-order valence-corrected chi connectivity index (χ1v) is 5.21.